The van der Waals surface area contributed by atoms with Crippen LogP contribution in [0.2, 0.25) is 0 Å². The number of unbranched alkanes of at least 4 members (excludes halogenated alkanes) is 2. The smallest absolute Gasteiger partial charge is 0.0714 e. The van der Waals surface area contributed by atoms with Crippen molar-refractivity contribution < 1.29 is 5.11 Å². The highest BCUT2D eigenvalue weighted by atomic mass is 16.3. The van der Waals surface area contributed by atoms with E-state index in [0.29, 0.717) is 0 Å². The largest absolute Gasteiger partial charge is 0.391 e. The van der Waals surface area contributed by atoms with Crippen LogP contribution in [0.5, 0.6) is 0 Å². The van der Waals surface area contributed by atoms with E-state index in [1.165, 1.54) is 12.8 Å². The SMILES string of the molecule is CCCCCC(O)C(C)(C)N. The molecule has 68 valence electrons. The number of rotatable bonds is 5. The van der Waals surface area contributed by atoms with Gasteiger partial charge in [-0.1, -0.05) is 26.2 Å². The third kappa shape index (κ3) is 5.22. The van der Waals surface area contributed by atoms with Crippen molar-refractivity contribution in [2.45, 2.75) is 58.1 Å². The van der Waals surface area contributed by atoms with Crippen LogP contribution in [0.4, 0.5) is 0 Å². The van der Waals surface area contributed by atoms with Gasteiger partial charge in [0.1, 0.15) is 0 Å². The van der Waals surface area contributed by atoms with Gasteiger partial charge < -0.3 is 10.8 Å². The lowest BCUT2D eigenvalue weighted by molar-refractivity contribution is 0.0927. The maximum absolute atomic E-state index is 9.49. The Labute approximate surface area is 69.8 Å². The topological polar surface area (TPSA) is 46.2 Å². The first-order valence-electron chi connectivity index (χ1n) is 4.45. The predicted octanol–water partition coefficient (Wildman–Crippen LogP) is 1.66. The summed E-state index contributed by atoms with van der Waals surface area (Å²) < 4.78 is 0. The molecule has 0 aliphatic carbocycles. The zero-order valence-electron chi connectivity index (χ0n) is 7.93. The van der Waals surface area contributed by atoms with Crippen molar-refractivity contribution >= 4 is 0 Å². The van der Waals surface area contributed by atoms with E-state index in [1.807, 2.05) is 13.8 Å². The molecule has 0 rings (SSSR count). The van der Waals surface area contributed by atoms with Crippen LogP contribution in [-0.4, -0.2) is 16.7 Å². The predicted molar refractivity (Wildman–Crippen MR) is 48.4 cm³/mol. The normalized spacial score (nSPS) is 15.0. The lowest BCUT2D eigenvalue weighted by Gasteiger charge is -2.25. The zero-order valence-corrected chi connectivity index (χ0v) is 7.93. The van der Waals surface area contributed by atoms with E-state index in [9.17, 15) is 5.11 Å². The minimum atomic E-state index is -0.437. The molecule has 2 heteroatoms. The summed E-state index contributed by atoms with van der Waals surface area (Å²) in [6.07, 6.45) is 3.94. The van der Waals surface area contributed by atoms with Crippen molar-refractivity contribution in [1.29, 1.82) is 0 Å². The van der Waals surface area contributed by atoms with Gasteiger partial charge in [-0.05, 0) is 20.3 Å². The van der Waals surface area contributed by atoms with Gasteiger partial charge in [0.25, 0.3) is 0 Å². The summed E-state index contributed by atoms with van der Waals surface area (Å²) in [5.74, 6) is 0. The average Bonchev–Trinajstić information content (AvgIpc) is 1.86. The highest BCUT2D eigenvalue weighted by Crippen LogP contribution is 2.12. The minimum absolute atomic E-state index is 0.353. The molecule has 0 amide bonds. The van der Waals surface area contributed by atoms with Crippen LogP contribution in [0, 0.1) is 0 Å². The molecule has 1 unspecified atom stereocenters. The van der Waals surface area contributed by atoms with E-state index in [4.69, 9.17) is 5.73 Å². The van der Waals surface area contributed by atoms with Crippen molar-refractivity contribution in [3.63, 3.8) is 0 Å². The van der Waals surface area contributed by atoms with Crippen LogP contribution in [0.25, 0.3) is 0 Å². The Bertz CT molecular complexity index is 96.2. The standard InChI is InChI=1S/C9H21NO/c1-4-5-6-7-8(11)9(2,3)10/h8,11H,4-7,10H2,1-3H3. The molecule has 0 heterocycles. The van der Waals surface area contributed by atoms with E-state index in [1.54, 1.807) is 0 Å². The number of aliphatic hydroxyl groups is 1. The average molecular weight is 159 g/mol. The Morgan fingerprint density at radius 3 is 2.27 bits per heavy atom. The molecule has 0 aromatic heterocycles. The summed E-state index contributed by atoms with van der Waals surface area (Å²) in [6.45, 7) is 5.88. The first-order valence-corrected chi connectivity index (χ1v) is 4.45. The highest BCUT2D eigenvalue weighted by molar-refractivity contribution is 4.81. The number of hydrogen-bond donors (Lipinski definition) is 2. The molecule has 0 saturated heterocycles. The number of aliphatic hydroxyl groups excluding tert-OH is 1. The van der Waals surface area contributed by atoms with E-state index in [-0.39, 0.29) is 6.10 Å². The van der Waals surface area contributed by atoms with Gasteiger partial charge in [-0.3, -0.25) is 0 Å². The molecule has 0 aliphatic rings. The van der Waals surface area contributed by atoms with Crippen LogP contribution in [0.3, 0.4) is 0 Å². The summed E-state index contributed by atoms with van der Waals surface area (Å²) in [5, 5.41) is 9.49. The van der Waals surface area contributed by atoms with Gasteiger partial charge in [0.05, 0.1) is 6.10 Å². The fourth-order valence-corrected chi connectivity index (χ4v) is 0.960. The third-order valence-electron chi connectivity index (χ3n) is 1.94. The van der Waals surface area contributed by atoms with Gasteiger partial charge >= 0.3 is 0 Å². The van der Waals surface area contributed by atoms with Gasteiger partial charge in [0.15, 0.2) is 0 Å². The minimum Gasteiger partial charge on any atom is -0.391 e. The number of hydrogen-bond acceptors (Lipinski definition) is 2. The molecule has 0 fully saturated rings. The van der Waals surface area contributed by atoms with Crippen molar-refractivity contribution in [2.24, 2.45) is 5.73 Å². The quantitative estimate of drug-likeness (QED) is 0.599. The Balaban J connectivity index is 3.44. The second-order valence-electron chi connectivity index (χ2n) is 3.83. The molecule has 3 N–H and O–H groups in total. The fraction of sp³-hybridized carbons (Fsp3) is 1.00. The summed E-state index contributed by atoms with van der Waals surface area (Å²) >= 11 is 0. The van der Waals surface area contributed by atoms with Gasteiger partial charge in [-0.2, -0.15) is 0 Å². The molecule has 0 saturated carbocycles. The van der Waals surface area contributed by atoms with Crippen LogP contribution in [0.1, 0.15) is 46.5 Å². The van der Waals surface area contributed by atoms with Crippen molar-refractivity contribution in [3.8, 4) is 0 Å². The first kappa shape index (κ1) is 10.9. The molecule has 0 spiro atoms. The molecule has 0 bridgehead atoms. The number of nitrogens with two attached hydrogens (primary N) is 1. The molecule has 2 nitrogen and oxygen atoms in total. The fourth-order valence-electron chi connectivity index (χ4n) is 0.960. The second kappa shape index (κ2) is 4.73. The van der Waals surface area contributed by atoms with E-state index in [2.05, 4.69) is 6.92 Å². The molecular formula is C9H21NO. The van der Waals surface area contributed by atoms with Gasteiger partial charge in [0.2, 0.25) is 0 Å². The summed E-state index contributed by atoms with van der Waals surface area (Å²) in [6, 6.07) is 0. The van der Waals surface area contributed by atoms with E-state index in [0.717, 1.165) is 12.8 Å². The maximum atomic E-state index is 9.49. The van der Waals surface area contributed by atoms with Crippen molar-refractivity contribution in [1.82, 2.24) is 0 Å². The monoisotopic (exact) mass is 159 g/mol. The molecule has 0 radical (unpaired) electrons. The Morgan fingerprint density at radius 2 is 1.91 bits per heavy atom. The van der Waals surface area contributed by atoms with Crippen LogP contribution in [-0.2, 0) is 0 Å². The summed E-state index contributed by atoms with van der Waals surface area (Å²) in [4.78, 5) is 0. The highest BCUT2D eigenvalue weighted by Gasteiger charge is 2.21. The Kier molecular flexibility index (Phi) is 4.69. The van der Waals surface area contributed by atoms with Gasteiger partial charge in [-0.15, -0.1) is 0 Å². The van der Waals surface area contributed by atoms with E-state index < -0.39 is 5.54 Å². The maximum Gasteiger partial charge on any atom is 0.0714 e. The van der Waals surface area contributed by atoms with Gasteiger partial charge in [-0.25, -0.2) is 0 Å². The molecule has 1 atom stereocenters. The third-order valence-corrected chi connectivity index (χ3v) is 1.94. The lowest BCUT2D eigenvalue weighted by Crippen LogP contribution is -2.44. The van der Waals surface area contributed by atoms with Gasteiger partial charge in [0, 0.05) is 5.54 Å². The Hall–Kier alpha value is -0.0800. The summed E-state index contributed by atoms with van der Waals surface area (Å²) in [7, 11) is 0. The van der Waals surface area contributed by atoms with Crippen molar-refractivity contribution in [3.05, 3.63) is 0 Å². The van der Waals surface area contributed by atoms with Crippen molar-refractivity contribution in [2.75, 3.05) is 0 Å². The lowest BCUT2D eigenvalue weighted by atomic mass is 9.94. The molecule has 11 heavy (non-hydrogen) atoms. The summed E-state index contributed by atoms with van der Waals surface area (Å²) in [5.41, 5.74) is 5.27. The first-order chi connectivity index (χ1) is 4.98. The molecule has 0 aromatic rings. The molecule has 0 aliphatic heterocycles. The molecular weight excluding hydrogens is 138 g/mol. The Morgan fingerprint density at radius 1 is 1.36 bits per heavy atom. The van der Waals surface area contributed by atoms with Crippen LogP contribution < -0.4 is 5.73 Å². The second-order valence-corrected chi connectivity index (χ2v) is 3.83. The molecule has 0 aromatic carbocycles. The van der Waals surface area contributed by atoms with Crippen LogP contribution >= 0.6 is 0 Å². The van der Waals surface area contributed by atoms with Crippen LogP contribution in [0.15, 0.2) is 0 Å². The zero-order chi connectivity index (χ0) is 8.91. The van der Waals surface area contributed by atoms with E-state index >= 15 is 0 Å².